The first-order valence-corrected chi connectivity index (χ1v) is 9.56. The summed E-state index contributed by atoms with van der Waals surface area (Å²) in [5, 5.41) is 19.1. The van der Waals surface area contributed by atoms with E-state index in [2.05, 4.69) is 22.0 Å². The lowest BCUT2D eigenvalue weighted by Gasteiger charge is -2.21. The smallest absolute Gasteiger partial charge is 0.267 e. The average molecular weight is 391 g/mol. The lowest BCUT2D eigenvalue weighted by molar-refractivity contribution is -0.124. The molecule has 0 saturated heterocycles. The molecule has 0 saturated carbocycles. The molecule has 150 valence electrons. The minimum atomic E-state index is -0.564. The number of carbonyl (C=O) groups is 1. The number of para-hydroxylation sites is 1. The van der Waals surface area contributed by atoms with Gasteiger partial charge in [-0.25, -0.2) is 5.48 Å². The Morgan fingerprint density at radius 2 is 1.86 bits per heavy atom. The molecule has 6 heteroatoms. The predicted octanol–water partition coefficient (Wildman–Crippen LogP) is 2.79. The van der Waals surface area contributed by atoms with Gasteiger partial charge in [0.25, 0.3) is 5.91 Å². The van der Waals surface area contributed by atoms with Crippen molar-refractivity contribution in [3.05, 3.63) is 83.6 Å². The fourth-order valence-electron chi connectivity index (χ4n) is 3.15. The average Bonchev–Trinajstić information content (AvgIpc) is 2.76. The summed E-state index contributed by atoms with van der Waals surface area (Å²) in [4.78, 5) is 17.8. The highest BCUT2D eigenvalue weighted by atomic mass is 16.5. The highest BCUT2D eigenvalue weighted by Gasteiger charge is 2.07. The van der Waals surface area contributed by atoms with Gasteiger partial charge in [-0.3, -0.25) is 19.9 Å². The van der Waals surface area contributed by atoms with Gasteiger partial charge in [-0.15, -0.1) is 0 Å². The van der Waals surface area contributed by atoms with Crippen LogP contribution in [-0.4, -0.2) is 45.8 Å². The van der Waals surface area contributed by atoms with Crippen molar-refractivity contribution in [2.75, 3.05) is 19.7 Å². The molecule has 0 bridgehead atoms. The van der Waals surface area contributed by atoms with Crippen LogP contribution in [0.15, 0.2) is 66.9 Å². The fourth-order valence-corrected chi connectivity index (χ4v) is 3.15. The molecule has 29 heavy (non-hydrogen) atoms. The number of hydroxylamine groups is 1. The van der Waals surface area contributed by atoms with E-state index in [-0.39, 0.29) is 6.61 Å². The number of aromatic nitrogens is 1. The van der Waals surface area contributed by atoms with Crippen LogP contribution in [0.1, 0.15) is 16.7 Å². The Labute approximate surface area is 170 Å². The van der Waals surface area contributed by atoms with Gasteiger partial charge in [0.05, 0.1) is 12.1 Å². The van der Waals surface area contributed by atoms with Crippen molar-refractivity contribution in [1.29, 1.82) is 0 Å². The number of amides is 1. The normalized spacial score (nSPS) is 11.4. The van der Waals surface area contributed by atoms with Crippen LogP contribution in [0, 0.1) is 0 Å². The topological polar surface area (TPSA) is 85.7 Å². The highest BCUT2D eigenvalue weighted by Crippen LogP contribution is 2.14. The number of aliphatic hydroxyl groups excluding tert-OH is 1. The standard InChI is InChI=1S/C23H25N3O3/c27-14-13-26(12-11-20-15-21-3-1-2-4-22(21)24-16-20)17-19-7-5-18(6-8-19)9-10-23(28)25-29/h1-10,15-16,27,29H,11-14,17H2,(H,25,28)/b10-9+. The third-order valence-corrected chi connectivity index (χ3v) is 4.70. The van der Waals surface area contributed by atoms with E-state index in [0.717, 1.165) is 41.5 Å². The maximum absolute atomic E-state index is 11.0. The number of benzene rings is 2. The van der Waals surface area contributed by atoms with Crippen LogP contribution in [-0.2, 0) is 17.8 Å². The molecule has 0 spiro atoms. The van der Waals surface area contributed by atoms with Gasteiger partial charge in [0.15, 0.2) is 0 Å². The summed E-state index contributed by atoms with van der Waals surface area (Å²) in [5.74, 6) is -0.564. The Bertz CT molecular complexity index is 971. The number of hydrogen-bond acceptors (Lipinski definition) is 5. The first-order chi connectivity index (χ1) is 14.2. The molecule has 3 N–H and O–H groups in total. The van der Waals surface area contributed by atoms with E-state index in [1.165, 1.54) is 11.6 Å². The first kappa shape index (κ1) is 20.7. The lowest BCUT2D eigenvalue weighted by atomic mass is 10.1. The van der Waals surface area contributed by atoms with Crippen LogP contribution >= 0.6 is 0 Å². The molecule has 1 heterocycles. The van der Waals surface area contributed by atoms with E-state index in [4.69, 9.17) is 5.21 Å². The van der Waals surface area contributed by atoms with Crippen LogP contribution in [0.4, 0.5) is 0 Å². The Kier molecular flexibility index (Phi) is 7.47. The van der Waals surface area contributed by atoms with E-state index >= 15 is 0 Å². The van der Waals surface area contributed by atoms with Crippen molar-refractivity contribution in [3.8, 4) is 0 Å². The Morgan fingerprint density at radius 1 is 1.07 bits per heavy atom. The zero-order valence-corrected chi connectivity index (χ0v) is 16.2. The summed E-state index contributed by atoms with van der Waals surface area (Å²) in [6, 6.07) is 18.1. The third kappa shape index (κ3) is 6.22. The maximum atomic E-state index is 11.0. The van der Waals surface area contributed by atoms with E-state index in [1.54, 1.807) is 11.6 Å². The minimum Gasteiger partial charge on any atom is -0.395 e. The number of nitrogens with one attached hydrogen (secondary N) is 1. The van der Waals surface area contributed by atoms with Crippen molar-refractivity contribution < 1.29 is 15.1 Å². The molecule has 0 aliphatic rings. The summed E-state index contributed by atoms with van der Waals surface area (Å²) >= 11 is 0. The Hall–Kier alpha value is -3.06. The summed E-state index contributed by atoms with van der Waals surface area (Å²) in [6.07, 6.45) is 5.68. The Balaban J connectivity index is 1.60. The van der Waals surface area contributed by atoms with Crippen LogP contribution in [0.2, 0.25) is 0 Å². The molecule has 2 aromatic carbocycles. The van der Waals surface area contributed by atoms with Gasteiger partial charge in [-0.2, -0.15) is 0 Å². The molecule has 1 aromatic heterocycles. The molecular weight excluding hydrogens is 366 g/mol. The maximum Gasteiger partial charge on any atom is 0.267 e. The monoisotopic (exact) mass is 391 g/mol. The molecule has 0 unspecified atom stereocenters. The molecule has 0 aliphatic heterocycles. The van der Waals surface area contributed by atoms with Gasteiger partial charge in [0.1, 0.15) is 0 Å². The second-order valence-corrected chi connectivity index (χ2v) is 6.84. The molecule has 6 nitrogen and oxygen atoms in total. The number of carbonyl (C=O) groups excluding carboxylic acids is 1. The van der Waals surface area contributed by atoms with Crippen molar-refractivity contribution in [2.45, 2.75) is 13.0 Å². The first-order valence-electron chi connectivity index (χ1n) is 9.56. The number of rotatable bonds is 9. The summed E-state index contributed by atoms with van der Waals surface area (Å²) in [7, 11) is 0. The van der Waals surface area contributed by atoms with Gasteiger partial charge in [0, 0.05) is 37.3 Å². The quantitative estimate of drug-likeness (QED) is 0.297. The summed E-state index contributed by atoms with van der Waals surface area (Å²) in [6.45, 7) is 2.24. The second-order valence-electron chi connectivity index (χ2n) is 6.84. The molecule has 0 aliphatic carbocycles. The second kappa shape index (κ2) is 10.5. The number of fused-ring (bicyclic) bond motifs is 1. The van der Waals surface area contributed by atoms with Crippen molar-refractivity contribution >= 4 is 22.9 Å². The molecule has 3 aromatic rings. The van der Waals surface area contributed by atoms with Crippen molar-refractivity contribution in [3.63, 3.8) is 0 Å². The molecule has 0 fully saturated rings. The molecular formula is C23H25N3O3. The number of nitrogens with zero attached hydrogens (tertiary/aromatic N) is 2. The molecule has 1 amide bonds. The number of pyridine rings is 1. The van der Waals surface area contributed by atoms with Crippen LogP contribution in [0.5, 0.6) is 0 Å². The highest BCUT2D eigenvalue weighted by molar-refractivity contribution is 5.90. The minimum absolute atomic E-state index is 0.104. The lowest BCUT2D eigenvalue weighted by Crippen LogP contribution is -2.28. The van der Waals surface area contributed by atoms with Crippen LogP contribution in [0.25, 0.3) is 17.0 Å². The zero-order valence-electron chi connectivity index (χ0n) is 16.2. The van der Waals surface area contributed by atoms with Gasteiger partial charge in [-0.05, 0) is 41.3 Å². The van der Waals surface area contributed by atoms with Crippen molar-refractivity contribution in [2.24, 2.45) is 0 Å². The number of hydrogen-bond donors (Lipinski definition) is 3. The van der Waals surface area contributed by atoms with E-state index in [0.29, 0.717) is 6.54 Å². The summed E-state index contributed by atoms with van der Waals surface area (Å²) < 4.78 is 0. The van der Waals surface area contributed by atoms with Crippen molar-refractivity contribution in [1.82, 2.24) is 15.4 Å². The SMILES string of the molecule is O=C(/C=C/c1ccc(CN(CCO)CCc2cnc3ccccc3c2)cc1)NO. The van der Waals surface area contributed by atoms with E-state index in [9.17, 15) is 9.90 Å². The van der Waals surface area contributed by atoms with E-state index < -0.39 is 5.91 Å². The van der Waals surface area contributed by atoms with Crippen LogP contribution in [0.3, 0.4) is 0 Å². The van der Waals surface area contributed by atoms with Gasteiger partial charge < -0.3 is 5.11 Å². The number of aliphatic hydroxyl groups is 1. The largest absolute Gasteiger partial charge is 0.395 e. The fraction of sp³-hybridized carbons (Fsp3) is 0.217. The predicted molar refractivity (Wildman–Crippen MR) is 113 cm³/mol. The van der Waals surface area contributed by atoms with Gasteiger partial charge in [-0.1, -0.05) is 42.5 Å². The van der Waals surface area contributed by atoms with Gasteiger partial charge >= 0.3 is 0 Å². The molecule has 0 radical (unpaired) electrons. The third-order valence-electron chi connectivity index (χ3n) is 4.70. The Morgan fingerprint density at radius 3 is 2.62 bits per heavy atom. The zero-order chi connectivity index (χ0) is 20.5. The van der Waals surface area contributed by atoms with Gasteiger partial charge in [0.2, 0.25) is 0 Å². The summed E-state index contributed by atoms with van der Waals surface area (Å²) in [5.41, 5.74) is 5.73. The van der Waals surface area contributed by atoms with E-state index in [1.807, 2.05) is 48.7 Å². The molecule has 3 rings (SSSR count). The van der Waals surface area contributed by atoms with Crippen LogP contribution < -0.4 is 5.48 Å². The molecule has 0 atom stereocenters.